The molecule has 1 aliphatic rings. The first kappa shape index (κ1) is 22.3. The van der Waals surface area contributed by atoms with Gasteiger partial charge in [-0.2, -0.15) is 5.10 Å². The van der Waals surface area contributed by atoms with E-state index in [0.717, 1.165) is 37.4 Å². The Morgan fingerprint density at radius 2 is 1.80 bits per heavy atom. The number of piperazine rings is 1. The van der Waals surface area contributed by atoms with Crippen molar-refractivity contribution in [3.05, 3.63) is 77.7 Å². The molecule has 1 aliphatic heterocycles. The van der Waals surface area contributed by atoms with E-state index in [1.165, 1.54) is 6.92 Å². The average Bonchev–Trinajstić information content (AvgIpc) is 3.30. The molecule has 0 spiro atoms. The Kier molecular flexibility index (Phi) is 6.20. The number of rotatable bonds is 3. The second-order valence-electron chi connectivity index (χ2n) is 8.11. The van der Waals surface area contributed by atoms with Gasteiger partial charge in [-0.1, -0.05) is 18.1 Å². The van der Waals surface area contributed by atoms with Gasteiger partial charge in [-0.3, -0.25) is 9.59 Å². The average molecular weight is 466 g/mol. The number of pyridine rings is 1. The number of fused-ring (bicyclic) bond motifs is 1. The molecule has 3 aromatic heterocycles. The van der Waals surface area contributed by atoms with E-state index >= 15 is 0 Å². The lowest BCUT2D eigenvalue weighted by Crippen LogP contribution is -2.46. The standard InChI is InChI=1S/C26H23N7O2/c1-18(34)30-24-16-19(10-11-28-24)2-7-22-17-29-25-9-8-23(31-33(22)25)20-3-5-21(6-4-20)26(35)32-14-12-27-13-15-32/h3-6,8-11,16-17,27H,12-15H2,1H3,(H,28,30,34). The summed E-state index contributed by atoms with van der Waals surface area (Å²) in [5.41, 5.74) is 4.32. The van der Waals surface area contributed by atoms with Crippen molar-refractivity contribution in [3.63, 3.8) is 0 Å². The third kappa shape index (κ3) is 5.03. The van der Waals surface area contributed by atoms with Crippen LogP contribution in [0.15, 0.2) is 60.9 Å². The third-order valence-electron chi connectivity index (χ3n) is 5.59. The first-order valence-electron chi connectivity index (χ1n) is 11.3. The number of hydrogen-bond acceptors (Lipinski definition) is 6. The molecule has 9 nitrogen and oxygen atoms in total. The van der Waals surface area contributed by atoms with Gasteiger partial charge in [0, 0.05) is 56.0 Å². The Morgan fingerprint density at radius 1 is 1.00 bits per heavy atom. The van der Waals surface area contributed by atoms with Crippen LogP contribution in [0.5, 0.6) is 0 Å². The van der Waals surface area contributed by atoms with Gasteiger partial charge in [0.05, 0.1) is 11.9 Å². The highest BCUT2D eigenvalue weighted by atomic mass is 16.2. The molecule has 2 N–H and O–H groups in total. The quantitative estimate of drug-likeness (QED) is 0.450. The van der Waals surface area contributed by atoms with Crippen molar-refractivity contribution < 1.29 is 9.59 Å². The summed E-state index contributed by atoms with van der Waals surface area (Å²) in [6.45, 7) is 4.51. The number of amides is 2. The molecule has 0 unspecified atom stereocenters. The topological polar surface area (TPSA) is 105 Å². The smallest absolute Gasteiger partial charge is 0.253 e. The zero-order valence-electron chi connectivity index (χ0n) is 19.2. The fraction of sp³-hybridized carbons (Fsp3) is 0.192. The number of carbonyl (C=O) groups is 2. The molecule has 0 bridgehead atoms. The van der Waals surface area contributed by atoms with Crippen LogP contribution in [0.2, 0.25) is 0 Å². The van der Waals surface area contributed by atoms with Crippen LogP contribution in [0.4, 0.5) is 5.82 Å². The van der Waals surface area contributed by atoms with E-state index in [0.29, 0.717) is 28.3 Å². The summed E-state index contributed by atoms with van der Waals surface area (Å²) in [4.78, 5) is 34.3. The monoisotopic (exact) mass is 465 g/mol. The van der Waals surface area contributed by atoms with E-state index in [-0.39, 0.29) is 11.8 Å². The van der Waals surface area contributed by atoms with Gasteiger partial charge in [0.15, 0.2) is 5.65 Å². The Labute approximate surface area is 202 Å². The van der Waals surface area contributed by atoms with Crippen LogP contribution in [0.1, 0.15) is 28.5 Å². The molecule has 4 heterocycles. The van der Waals surface area contributed by atoms with Gasteiger partial charge in [-0.15, -0.1) is 0 Å². The minimum Gasteiger partial charge on any atom is -0.336 e. The summed E-state index contributed by atoms with van der Waals surface area (Å²) in [6.07, 6.45) is 3.26. The van der Waals surface area contributed by atoms with Crippen molar-refractivity contribution in [2.75, 3.05) is 31.5 Å². The van der Waals surface area contributed by atoms with Crippen molar-refractivity contribution >= 4 is 23.3 Å². The Bertz CT molecular complexity index is 1460. The molecule has 0 aliphatic carbocycles. The van der Waals surface area contributed by atoms with Gasteiger partial charge < -0.3 is 15.5 Å². The van der Waals surface area contributed by atoms with E-state index in [4.69, 9.17) is 5.10 Å². The highest BCUT2D eigenvalue weighted by Crippen LogP contribution is 2.19. The fourth-order valence-electron chi connectivity index (χ4n) is 3.84. The van der Waals surface area contributed by atoms with Crippen molar-refractivity contribution in [2.45, 2.75) is 6.92 Å². The lowest BCUT2D eigenvalue weighted by Gasteiger charge is -2.27. The number of benzene rings is 1. The molecule has 4 aromatic rings. The largest absolute Gasteiger partial charge is 0.336 e. The third-order valence-corrected chi connectivity index (χ3v) is 5.59. The molecule has 174 valence electrons. The fourth-order valence-corrected chi connectivity index (χ4v) is 3.84. The summed E-state index contributed by atoms with van der Waals surface area (Å²) in [6, 6.07) is 14.8. The maximum absolute atomic E-state index is 12.7. The van der Waals surface area contributed by atoms with Gasteiger partial charge >= 0.3 is 0 Å². The van der Waals surface area contributed by atoms with E-state index in [1.807, 2.05) is 41.3 Å². The molecule has 2 amide bonds. The Morgan fingerprint density at radius 3 is 2.57 bits per heavy atom. The van der Waals surface area contributed by atoms with Crippen LogP contribution < -0.4 is 10.6 Å². The minimum atomic E-state index is -0.192. The first-order chi connectivity index (χ1) is 17.1. The molecule has 9 heteroatoms. The molecular weight excluding hydrogens is 442 g/mol. The van der Waals surface area contributed by atoms with Crippen LogP contribution in [0.3, 0.4) is 0 Å². The van der Waals surface area contributed by atoms with Crippen molar-refractivity contribution in [1.82, 2.24) is 29.8 Å². The van der Waals surface area contributed by atoms with Gasteiger partial charge in [0.2, 0.25) is 5.91 Å². The van der Waals surface area contributed by atoms with Crippen molar-refractivity contribution in [1.29, 1.82) is 0 Å². The summed E-state index contributed by atoms with van der Waals surface area (Å²) in [5, 5.41) is 10.6. The predicted octanol–water partition coefficient (Wildman–Crippen LogP) is 2.19. The van der Waals surface area contributed by atoms with Crippen LogP contribution in [-0.4, -0.2) is 62.5 Å². The van der Waals surface area contributed by atoms with Gasteiger partial charge in [-0.05, 0) is 42.3 Å². The Hall–Kier alpha value is -4.55. The lowest BCUT2D eigenvalue weighted by atomic mass is 10.1. The molecule has 1 fully saturated rings. The van der Waals surface area contributed by atoms with Crippen LogP contribution in [0, 0.1) is 11.8 Å². The molecule has 0 radical (unpaired) electrons. The summed E-state index contributed by atoms with van der Waals surface area (Å²) >= 11 is 0. The first-order valence-corrected chi connectivity index (χ1v) is 11.3. The number of aromatic nitrogens is 4. The zero-order valence-corrected chi connectivity index (χ0v) is 19.2. The number of nitrogens with one attached hydrogen (secondary N) is 2. The highest BCUT2D eigenvalue weighted by Gasteiger charge is 2.18. The molecule has 35 heavy (non-hydrogen) atoms. The summed E-state index contributed by atoms with van der Waals surface area (Å²) in [5.74, 6) is 6.47. The molecule has 1 saturated heterocycles. The van der Waals surface area contributed by atoms with E-state index in [1.54, 1.807) is 29.0 Å². The van der Waals surface area contributed by atoms with E-state index < -0.39 is 0 Å². The van der Waals surface area contributed by atoms with Gasteiger partial charge in [-0.25, -0.2) is 14.5 Å². The summed E-state index contributed by atoms with van der Waals surface area (Å²) < 4.78 is 1.69. The van der Waals surface area contributed by atoms with Gasteiger partial charge in [0.25, 0.3) is 5.91 Å². The molecule has 0 saturated carbocycles. The highest BCUT2D eigenvalue weighted by molar-refractivity contribution is 5.94. The molecular formula is C26H23N7O2. The molecule has 0 atom stereocenters. The molecule has 1 aromatic carbocycles. The van der Waals surface area contributed by atoms with Gasteiger partial charge in [0.1, 0.15) is 11.5 Å². The second-order valence-corrected chi connectivity index (χ2v) is 8.11. The zero-order chi connectivity index (χ0) is 24.2. The number of nitrogens with zero attached hydrogens (tertiary/aromatic N) is 5. The second kappa shape index (κ2) is 9.75. The Balaban J connectivity index is 1.39. The number of anilines is 1. The predicted molar refractivity (Wildman–Crippen MR) is 132 cm³/mol. The normalized spacial score (nSPS) is 13.2. The number of imidazole rings is 1. The van der Waals surface area contributed by atoms with Crippen LogP contribution >= 0.6 is 0 Å². The maximum atomic E-state index is 12.7. The van der Waals surface area contributed by atoms with Crippen LogP contribution in [0.25, 0.3) is 16.9 Å². The van der Waals surface area contributed by atoms with Crippen molar-refractivity contribution in [2.24, 2.45) is 0 Å². The van der Waals surface area contributed by atoms with Crippen LogP contribution in [-0.2, 0) is 4.79 Å². The number of hydrogen-bond donors (Lipinski definition) is 2. The maximum Gasteiger partial charge on any atom is 0.253 e. The molecule has 5 rings (SSSR count). The van der Waals surface area contributed by atoms with E-state index in [9.17, 15) is 9.59 Å². The summed E-state index contributed by atoms with van der Waals surface area (Å²) in [7, 11) is 0. The van der Waals surface area contributed by atoms with E-state index in [2.05, 4.69) is 32.4 Å². The number of carbonyl (C=O) groups excluding carboxylic acids is 2. The lowest BCUT2D eigenvalue weighted by molar-refractivity contribution is -0.114. The minimum absolute atomic E-state index is 0.0476. The van der Waals surface area contributed by atoms with Crippen molar-refractivity contribution in [3.8, 4) is 23.1 Å². The SMILES string of the molecule is CC(=O)Nc1cc(C#Cc2cnc3ccc(-c4ccc(C(=O)N5CCNCC5)cc4)nn23)ccn1.